The van der Waals surface area contributed by atoms with Crippen LogP contribution in [0.3, 0.4) is 0 Å². The third kappa shape index (κ3) is 6.26. The summed E-state index contributed by atoms with van der Waals surface area (Å²) in [6.45, 7) is -0.843. The van der Waals surface area contributed by atoms with Crippen molar-refractivity contribution in [3.8, 4) is 17.7 Å². The molecule has 1 heterocycles. The fraction of sp³-hybridized carbons (Fsp3) is 0.217. The first-order chi connectivity index (χ1) is 14.9. The summed E-state index contributed by atoms with van der Waals surface area (Å²) in [7, 11) is 4.24. The van der Waals surface area contributed by atoms with Gasteiger partial charge in [0, 0.05) is 37.5 Å². The second-order valence-corrected chi connectivity index (χ2v) is 6.37. The Balaban J connectivity index is 2.07. The summed E-state index contributed by atoms with van der Waals surface area (Å²) >= 11 is 0. The quantitative estimate of drug-likeness (QED) is 0.508. The number of hydrogen-bond acceptors (Lipinski definition) is 6. The number of hydrogen-bond donors (Lipinski definition) is 2. The van der Waals surface area contributed by atoms with Gasteiger partial charge in [-0.2, -0.15) is 0 Å². The summed E-state index contributed by atoms with van der Waals surface area (Å²) in [6, 6.07) is 8.66. The molecule has 2 aromatic rings. The summed E-state index contributed by atoms with van der Waals surface area (Å²) in [6.07, 6.45) is 5.16. The van der Waals surface area contributed by atoms with Gasteiger partial charge in [0.15, 0.2) is 11.8 Å². The first-order valence-electron chi connectivity index (χ1n) is 9.31. The SMILES string of the molecule is CNC(=O)C(C(=O)CO)N(C)C(=O)c1ccc(C#C/C=C/c2ccc(OC)nc2)cc1. The molecule has 0 saturated heterocycles. The summed E-state index contributed by atoms with van der Waals surface area (Å²) in [4.78, 5) is 41.6. The van der Waals surface area contributed by atoms with Gasteiger partial charge in [-0.05, 0) is 48.0 Å². The van der Waals surface area contributed by atoms with E-state index in [0.29, 0.717) is 11.4 Å². The Kier molecular flexibility index (Phi) is 8.49. The summed E-state index contributed by atoms with van der Waals surface area (Å²) < 4.78 is 5.00. The Bertz CT molecular complexity index is 1000. The number of pyridine rings is 1. The number of benzene rings is 1. The van der Waals surface area contributed by atoms with Crippen LogP contribution in [0.25, 0.3) is 6.08 Å². The fourth-order valence-corrected chi connectivity index (χ4v) is 2.65. The molecule has 1 aromatic heterocycles. The van der Waals surface area contributed by atoms with Gasteiger partial charge in [-0.25, -0.2) is 4.98 Å². The summed E-state index contributed by atoms with van der Waals surface area (Å²) in [5.41, 5.74) is 1.85. The van der Waals surface area contributed by atoms with E-state index in [1.165, 1.54) is 14.1 Å². The van der Waals surface area contributed by atoms with Gasteiger partial charge in [0.05, 0.1) is 7.11 Å². The molecule has 1 aromatic carbocycles. The van der Waals surface area contributed by atoms with E-state index < -0.39 is 30.2 Å². The molecule has 1 unspecified atom stereocenters. The highest BCUT2D eigenvalue weighted by Gasteiger charge is 2.32. The number of allylic oxidation sites excluding steroid dienone is 1. The molecule has 0 fully saturated rings. The number of ether oxygens (including phenoxy) is 1. The molecule has 0 aliphatic carbocycles. The van der Waals surface area contributed by atoms with E-state index in [1.54, 1.807) is 49.7 Å². The van der Waals surface area contributed by atoms with E-state index in [-0.39, 0.29) is 5.56 Å². The number of nitrogens with zero attached hydrogens (tertiary/aromatic N) is 2. The van der Waals surface area contributed by atoms with Crippen LogP contribution in [0, 0.1) is 11.8 Å². The number of aliphatic hydroxyl groups is 1. The third-order valence-corrected chi connectivity index (χ3v) is 4.34. The number of rotatable bonds is 7. The van der Waals surface area contributed by atoms with Gasteiger partial charge in [-0.15, -0.1) is 0 Å². The van der Waals surface area contributed by atoms with E-state index >= 15 is 0 Å². The lowest BCUT2D eigenvalue weighted by atomic mass is 10.1. The molecule has 8 nitrogen and oxygen atoms in total. The molecule has 1 atom stereocenters. The molecular formula is C23H23N3O5. The molecule has 2 rings (SSSR count). The second kappa shape index (κ2) is 11.3. The van der Waals surface area contributed by atoms with Crippen LogP contribution in [0.5, 0.6) is 5.88 Å². The average molecular weight is 421 g/mol. The standard InChI is InChI=1S/C23H23N3O5/c1-24-22(29)21(19(28)15-27)26(2)23(30)18-11-8-16(9-12-18)6-4-5-7-17-10-13-20(31-3)25-14-17/h5,7-14,21,27H,15H2,1-3H3,(H,24,29)/b7-5+. The fourth-order valence-electron chi connectivity index (χ4n) is 2.65. The molecule has 0 spiro atoms. The number of aromatic nitrogens is 1. The van der Waals surface area contributed by atoms with Crippen LogP contribution in [0.1, 0.15) is 21.5 Å². The number of aliphatic hydroxyl groups excluding tert-OH is 1. The number of carbonyl (C=O) groups is 3. The van der Waals surface area contributed by atoms with Crippen molar-refractivity contribution in [3.05, 3.63) is 65.4 Å². The Morgan fingerprint density at radius 1 is 1.23 bits per heavy atom. The van der Waals surface area contributed by atoms with Crippen LogP contribution >= 0.6 is 0 Å². The van der Waals surface area contributed by atoms with E-state index in [0.717, 1.165) is 10.5 Å². The zero-order valence-electron chi connectivity index (χ0n) is 17.5. The molecule has 0 radical (unpaired) electrons. The van der Waals surface area contributed by atoms with E-state index in [9.17, 15) is 14.4 Å². The monoisotopic (exact) mass is 421 g/mol. The number of carbonyl (C=O) groups excluding carboxylic acids is 3. The number of amides is 2. The van der Waals surface area contributed by atoms with Gasteiger partial charge in [0.1, 0.15) is 6.61 Å². The Labute approximate surface area is 180 Å². The molecule has 2 N–H and O–H groups in total. The van der Waals surface area contributed by atoms with Crippen LogP contribution < -0.4 is 10.1 Å². The van der Waals surface area contributed by atoms with Gasteiger partial charge in [0.2, 0.25) is 11.8 Å². The van der Waals surface area contributed by atoms with Gasteiger partial charge in [-0.3, -0.25) is 14.4 Å². The predicted octanol–water partition coefficient (Wildman–Crippen LogP) is 0.903. The molecular weight excluding hydrogens is 398 g/mol. The topological polar surface area (TPSA) is 109 Å². The normalized spacial score (nSPS) is 11.2. The van der Waals surface area contributed by atoms with Crippen molar-refractivity contribution in [1.29, 1.82) is 0 Å². The number of methoxy groups -OCH3 is 1. The third-order valence-electron chi connectivity index (χ3n) is 4.34. The minimum atomic E-state index is -1.40. The maximum absolute atomic E-state index is 12.7. The van der Waals surface area contributed by atoms with Crippen molar-refractivity contribution < 1.29 is 24.2 Å². The number of ketones is 1. The molecule has 2 amide bonds. The highest BCUT2D eigenvalue weighted by Crippen LogP contribution is 2.10. The minimum absolute atomic E-state index is 0.285. The molecule has 160 valence electrons. The smallest absolute Gasteiger partial charge is 0.254 e. The first-order valence-corrected chi connectivity index (χ1v) is 9.31. The van der Waals surface area contributed by atoms with Crippen molar-refractivity contribution in [1.82, 2.24) is 15.2 Å². The second-order valence-electron chi connectivity index (χ2n) is 6.37. The highest BCUT2D eigenvalue weighted by molar-refractivity contribution is 6.10. The Morgan fingerprint density at radius 3 is 2.48 bits per heavy atom. The summed E-state index contributed by atoms with van der Waals surface area (Å²) in [5, 5.41) is 11.4. The molecule has 0 saturated carbocycles. The van der Waals surface area contributed by atoms with Crippen LogP contribution in [-0.2, 0) is 9.59 Å². The van der Waals surface area contributed by atoms with E-state index in [2.05, 4.69) is 22.1 Å². The lowest BCUT2D eigenvalue weighted by molar-refractivity contribution is -0.135. The van der Waals surface area contributed by atoms with Crippen molar-refractivity contribution in [3.63, 3.8) is 0 Å². The van der Waals surface area contributed by atoms with Crippen LogP contribution in [0.15, 0.2) is 48.7 Å². The number of likely N-dealkylation sites (N-methyl/N-ethyl adjacent to an activating group) is 2. The lowest BCUT2D eigenvalue weighted by Crippen LogP contribution is -2.52. The lowest BCUT2D eigenvalue weighted by Gasteiger charge is -2.25. The maximum atomic E-state index is 12.7. The number of nitrogens with one attached hydrogen (secondary N) is 1. The zero-order valence-corrected chi connectivity index (χ0v) is 17.5. The van der Waals surface area contributed by atoms with E-state index in [1.807, 2.05) is 12.1 Å². The van der Waals surface area contributed by atoms with Crippen molar-refractivity contribution >= 4 is 23.7 Å². The van der Waals surface area contributed by atoms with Crippen molar-refractivity contribution in [2.75, 3.05) is 27.8 Å². The molecule has 31 heavy (non-hydrogen) atoms. The average Bonchev–Trinajstić information content (AvgIpc) is 2.81. The van der Waals surface area contributed by atoms with Crippen molar-refractivity contribution in [2.24, 2.45) is 0 Å². The van der Waals surface area contributed by atoms with Gasteiger partial charge in [-0.1, -0.05) is 11.8 Å². The molecule has 8 heteroatoms. The summed E-state index contributed by atoms with van der Waals surface area (Å²) in [5.74, 6) is 4.43. The minimum Gasteiger partial charge on any atom is -0.481 e. The van der Waals surface area contributed by atoms with Gasteiger partial charge < -0.3 is 20.1 Å². The predicted molar refractivity (Wildman–Crippen MR) is 115 cm³/mol. The molecule has 0 bridgehead atoms. The van der Waals surface area contributed by atoms with Crippen LogP contribution in [-0.4, -0.2) is 66.4 Å². The van der Waals surface area contributed by atoms with E-state index in [4.69, 9.17) is 9.84 Å². The highest BCUT2D eigenvalue weighted by atomic mass is 16.5. The van der Waals surface area contributed by atoms with Crippen LogP contribution in [0.4, 0.5) is 0 Å². The largest absolute Gasteiger partial charge is 0.481 e. The molecule has 0 aliphatic heterocycles. The zero-order chi connectivity index (χ0) is 22.8. The number of Topliss-reactive ketones (excluding diaryl/α,β-unsaturated/α-hetero) is 1. The van der Waals surface area contributed by atoms with Crippen LogP contribution in [0.2, 0.25) is 0 Å². The molecule has 0 aliphatic rings. The first kappa shape index (κ1) is 23.3. The maximum Gasteiger partial charge on any atom is 0.254 e. The van der Waals surface area contributed by atoms with Gasteiger partial charge in [0.25, 0.3) is 5.91 Å². The Hall–Kier alpha value is -3.96. The van der Waals surface area contributed by atoms with Gasteiger partial charge >= 0.3 is 0 Å². The Morgan fingerprint density at radius 2 is 1.94 bits per heavy atom. The van der Waals surface area contributed by atoms with Crippen molar-refractivity contribution in [2.45, 2.75) is 6.04 Å².